The standard InChI is InChI=1S/C21H26N4O.HI/c1-23-20(26)17-9-4-6-15(14-17)12-13-24-21(22)25-19-11-5-8-16-7-2-3-10-18(16)19;/h4-6,8-9,11,14H,2-3,7,10,12-13H2,1H3,(H,23,26)(H3,22,24,25);1H. The third-order valence-electron chi connectivity index (χ3n) is 4.76. The molecule has 0 heterocycles. The van der Waals surface area contributed by atoms with E-state index in [4.69, 9.17) is 5.73 Å². The molecule has 1 aliphatic carbocycles. The van der Waals surface area contributed by atoms with Gasteiger partial charge in [-0.25, -0.2) is 0 Å². The van der Waals surface area contributed by atoms with Crippen molar-refractivity contribution in [1.82, 2.24) is 5.32 Å². The Morgan fingerprint density at radius 2 is 1.93 bits per heavy atom. The zero-order valence-corrected chi connectivity index (χ0v) is 18.0. The Morgan fingerprint density at radius 3 is 2.74 bits per heavy atom. The normalized spacial score (nSPS) is 13.3. The zero-order valence-electron chi connectivity index (χ0n) is 15.6. The fourth-order valence-corrected chi connectivity index (χ4v) is 3.39. The molecule has 0 aromatic heterocycles. The Balaban J connectivity index is 0.00000261. The van der Waals surface area contributed by atoms with Crippen molar-refractivity contribution in [3.8, 4) is 0 Å². The van der Waals surface area contributed by atoms with Crippen LogP contribution in [0.5, 0.6) is 0 Å². The molecular formula is C21H27IN4O. The van der Waals surface area contributed by atoms with Crippen LogP contribution in [-0.4, -0.2) is 25.5 Å². The van der Waals surface area contributed by atoms with E-state index >= 15 is 0 Å². The Hall–Kier alpha value is -2.09. The Morgan fingerprint density at radius 1 is 1.15 bits per heavy atom. The predicted molar refractivity (Wildman–Crippen MR) is 122 cm³/mol. The van der Waals surface area contributed by atoms with Crippen LogP contribution in [0.3, 0.4) is 0 Å². The molecule has 0 bridgehead atoms. The highest BCUT2D eigenvalue weighted by atomic mass is 127. The van der Waals surface area contributed by atoms with Gasteiger partial charge < -0.3 is 16.4 Å². The van der Waals surface area contributed by atoms with Crippen LogP contribution in [0, 0.1) is 0 Å². The summed E-state index contributed by atoms with van der Waals surface area (Å²) in [5, 5.41) is 5.90. The molecule has 27 heavy (non-hydrogen) atoms. The second kappa shape index (κ2) is 10.3. The summed E-state index contributed by atoms with van der Waals surface area (Å²) in [7, 11) is 1.63. The second-order valence-corrected chi connectivity index (χ2v) is 6.57. The van der Waals surface area contributed by atoms with E-state index in [1.165, 1.54) is 24.0 Å². The lowest BCUT2D eigenvalue weighted by atomic mass is 9.90. The summed E-state index contributed by atoms with van der Waals surface area (Å²) in [5.74, 6) is 0.358. The summed E-state index contributed by atoms with van der Waals surface area (Å²) < 4.78 is 0. The molecule has 6 heteroatoms. The van der Waals surface area contributed by atoms with Crippen LogP contribution in [0.15, 0.2) is 47.5 Å². The minimum Gasteiger partial charge on any atom is -0.370 e. The predicted octanol–water partition coefficient (Wildman–Crippen LogP) is 3.51. The Kier molecular flexibility index (Phi) is 8.09. The van der Waals surface area contributed by atoms with Crippen LogP contribution < -0.4 is 16.4 Å². The number of guanidine groups is 1. The first kappa shape index (κ1) is 21.2. The Bertz CT molecular complexity index is 820. The number of nitrogens with two attached hydrogens (primary N) is 1. The number of carbonyl (C=O) groups excluding carboxylic acids is 1. The number of fused-ring (bicyclic) bond motifs is 1. The van der Waals surface area contributed by atoms with Crippen molar-refractivity contribution in [1.29, 1.82) is 0 Å². The van der Waals surface area contributed by atoms with Gasteiger partial charge in [-0.2, -0.15) is 0 Å². The molecule has 0 aliphatic heterocycles. The van der Waals surface area contributed by atoms with Crippen LogP contribution in [0.2, 0.25) is 0 Å². The van der Waals surface area contributed by atoms with Crippen molar-refractivity contribution in [2.45, 2.75) is 32.1 Å². The molecule has 144 valence electrons. The number of nitrogens with zero attached hydrogens (tertiary/aromatic N) is 1. The molecule has 2 aromatic carbocycles. The molecule has 2 aromatic rings. The average Bonchev–Trinajstić information content (AvgIpc) is 2.68. The summed E-state index contributed by atoms with van der Waals surface area (Å²) in [4.78, 5) is 16.1. The minimum atomic E-state index is -0.0783. The summed E-state index contributed by atoms with van der Waals surface area (Å²) >= 11 is 0. The van der Waals surface area contributed by atoms with Crippen LogP contribution in [-0.2, 0) is 19.3 Å². The number of amides is 1. The molecule has 5 nitrogen and oxygen atoms in total. The Labute approximate surface area is 177 Å². The molecule has 1 aliphatic rings. The maximum Gasteiger partial charge on any atom is 0.251 e. The van der Waals surface area contributed by atoms with E-state index in [9.17, 15) is 4.79 Å². The van der Waals surface area contributed by atoms with Gasteiger partial charge in [-0.3, -0.25) is 9.79 Å². The molecule has 0 saturated heterocycles. The van der Waals surface area contributed by atoms with Crippen molar-refractivity contribution in [3.63, 3.8) is 0 Å². The molecule has 1 amide bonds. The van der Waals surface area contributed by atoms with E-state index in [2.05, 4.69) is 33.8 Å². The lowest BCUT2D eigenvalue weighted by molar-refractivity contribution is 0.0963. The quantitative estimate of drug-likeness (QED) is 0.350. The third kappa shape index (κ3) is 5.69. The van der Waals surface area contributed by atoms with Crippen LogP contribution >= 0.6 is 24.0 Å². The second-order valence-electron chi connectivity index (χ2n) is 6.57. The maximum absolute atomic E-state index is 11.7. The van der Waals surface area contributed by atoms with E-state index in [1.807, 2.05) is 18.2 Å². The number of halogens is 1. The summed E-state index contributed by atoms with van der Waals surface area (Å²) in [5.41, 5.74) is 11.7. The van der Waals surface area contributed by atoms with Gasteiger partial charge in [-0.15, -0.1) is 24.0 Å². The lowest BCUT2D eigenvalue weighted by Crippen LogP contribution is -2.24. The molecule has 3 rings (SSSR count). The highest BCUT2D eigenvalue weighted by Gasteiger charge is 2.13. The number of rotatable bonds is 5. The van der Waals surface area contributed by atoms with Crippen LogP contribution in [0.1, 0.15) is 39.9 Å². The van der Waals surface area contributed by atoms with Crippen molar-refractivity contribution in [3.05, 3.63) is 64.7 Å². The van der Waals surface area contributed by atoms with E-state index in [-0.39, 0.29) is 29.9 Å². The molecule has 0 atom stereocenters. The number of carbonyl (C=O) groups is 1. The zero-order chi connectivity index (χ0) is 18.4. The molecule has 0 spiro atoms. The summed E-state index contributed by atoms with van der Waals surface area (Å²) in [6.07, 6.45) is 5.46. The number of hydrogen-bond acceptors (Lipinski definition) is 2. The SMILES string of the molecule is CNC(=O)c1cccc(CCN=C(N)Nc2cccc3c2CCCC3)c1.I. The number of nitrogens with one attached hydrogen (secondary N) is 2. The highest BCUT2D eigenvalue weighted by molar-refractivity contribution is 14.0. The first-order chi connectivity index (χ1) is 12.7. The summed E-state index contributed by atoms with van der Waals surface area (Å²) in [6, 6.07) is 13.9. The third-order valence-corrected chi connectivity index (χ3v) is 4.76. The van der Waals surface area contributed by atoms with Gasteiger partial charge in [0.2, 0.25) is 0 Å². The molecule has 0 unspecified atom stereocenters. The number of aliphatic imine (C=N–C) groups is 1. The highest BCUT2D eigenvalue weighted by Crippen LogP contribution is 2.27. The van der Waals surface area contributed by atoms with Gasteiger partial charge >= 0.3 is 0 Å². The fraction of sp³-hybridized carbons (Fsp3) is 0.333. The number of anilines is 1. The first-order valence-electron chi connectivity index (χ1n) is 9.16. The van der Waals surface area contributed by atoms with Crippen molar-refractivity contribution in [2.24, 2.45) is 10.7 Å². The molecular weight excluding hydrogens is 451 g/mol. The van der Waals surface area contributed by atoms with Gasteiger partial charge in [0.25, 0.3) is 5.91 Å². The van der Waals surface area contributed by atoms with Gasteiger partial charge in [-0.05, 0) is 67.0 Å². The maximum atomic E-state index is 11.7. The summed E-state index contributed by atoms with van der Waals surface area (Å²) in [6.45, 7) is 0.574. The smallest absolute Gasteiger partial charge is 0.251 e. The van der Waals surface area contributed by atoms with Crippen LogP contribution in [0.4, 0.5) is 5.69 Å². The van der Waals surface area contributed by atoms with Gasteiger partial charge in [0.15, 0.2) is 5.96 Å². The van der Waals surface area contributed by atoms with Gasteiger partial charge in [0, 0.05) is 24.8 Å². The van der Waals surface area contributed by atoms with E-state index in [0.717, 1.165) is 30.5 Å². The van der Waals surface area contributed by atoms with E-state index in [1.54, 1.807) is 13.1 Å². The largest absolute Gasteiger partial charge is 0.370 e. The van der Waals surface area contributed by atoms with Gasteiger partial charge in [-0.1, -0.05) is 24.3 Å². The number of aryl methyl sites for hydroxylation is 1. The molecule has 4 N–H and O–H groups in total. The average molecular weight is 478 g/mol. The molecule has 0 saturated carbocycles. The first-order valence-corrected chi connectivity index (χ1v) is 9.16. The lowest BCUT2D eigenvalue weighted by Gasteiger charge is -2.19. The van der Waals surface area contributed by atoms with Crippen molar-refractivity contribution >= 4 is 41.5 Å². The fourth-order valence-electron chi connectivity index (χ4n) is 3.39. The topological polar surface area (TPSA) is 79.5 Å². The minimum absolute atomic E-state index is 0. The number of hydrogen-bond donors (Lipinski definition) is 3. The van der Waals surface area contributed by atoms with Crippen molar-refractivity contribution in [2.75, 3.05) is 18.9 Å². The van der Waals surface area contributed by atoms with Crippen LogP contribution in [0.25, 0.3) is 0 Å². The molecule has 0 radical (unpaired) electrons. The monoisotopic (exact) mass is 478 g/mol. The number of benzene rings is 2. The van der Waals surface area contributed by atoms with E-state index in [0.29, 0.717) is 18.1 Å². The molecule has 0 fully saturated rings. The van der Waals surface area contributed by atoms with Crippen molar-refractivity contribution < 1.29 is 4.79 Å². The van der Waals surface area contributed by atoms with Gasteiger partial charge in [0.1, 0.15) is 0 Å². The van der Waals surface area contributed by atoms with E-state index < -0.39 is 0 Å². The van der Waals surface area contributed by atoms with Gasteiger partial charge in [0.05, 0.1) is 0 Å².